The molecular formula is C19H23N5O. The highest BCUT2D eigenvalue weighted by molar-refractivity contribution is 5.83. The average molecular weight is 337 g/mol. The van der Waals surface area contributed by atoms with Gasteiger partial charge in [-0.15, -0.1) is 0 Å². The number of amides is 1. The molecule has 1 fully saturated rings. The maximum atomic E-state index is 12.3. The Labute approximate surface area is 146 Å². The lowest BCUT2D eigenvalue weighted by atomic mass is 10.1. The number of carbonyl (C=O) groups excluding carboxylic acids is 1. The van der Waals surface area contributed by atoms with Gasteiger partial charge in [0, 0.05) is 19.0 Å². The number of rotatable bonds is 6. The second-order valence-corrected chi connectivity index (χ2v) is 6.65. The molecule has 25 heavy (non-hydrogen) atoms. The predicted octanol–water partition coefficient (Wildman–Crippen LogP) is 2.48. The number of aryl methyl sites for hydroxylation is 2. The lowest BCUT2D eigenvalue weighted by Crippen LogP contribution is -2.29. The van der Waals surface area contributed by atoms with E-state index in [9.17, 15) is 4.79 Å². The van der Waals surface area contributed by atoms with Crippen LogP contribution >= 0.6 is 0 Å². The number of hydrogen-bond donors (Lipinski definition) is 1. The van der Waals surface area contributed by atoms with E-state index in [1.165, 1.54) is 5.56 Å². The first kappa shape index (κ1) is 15.9. The molecule has 4 rings (SSSR count). The van der Waals surface area contributed by atoms with Crippen LogP contribution in [0.1, 0.15) is 30.5 Å². The van der Waals surface area contributed by atoms with Gasteiger partial charge in [-0.2, -0.15) is 10.2 Å². The van der Waals surface area contributed by atoms with Gasteiger partial charge in [0.15, 0.2) is 0 Å². The Morgan fingerprint density at radius 2 is 2.08 bits per heavy atom. The van der Waals surface area contributed by atoms with Gasteiger partial charge in [-0.3, -0.25) is 14.2 Å². The van der Waals surface area contributed by atoms with Crippen molar-refractivity contribution in [3.05, 3.63) is 47.8 Å². The summed E-state index contributed by atoms with van der Waals surface area (Å²) < 4.78 is 3.90. The van der Waals surface area contributed by atoms with Crippen LogP contribution in [0.5, 0.6) is 0 Å². The van der Waals surface area contributed by atoms with Crippen molar-refractivity contribution in [3.63, 3.8) is 0 Å². The van der Waals surface area contributed by atoms with E-state index in [0.29, 0.717) is 19.0 Å². The summed E-state index contributed by atoms with van der Waals surface area (Å²) in [5.74, 6) is 0.644. The van der Waals surface area contributed by atoms with Gasteiger partial charge >= 0.3 is 0 Å². The number of nitrogens with one attached hydrogen (secondary N) is 1. The number of carbonyl (C=O) groups is 1. The first-order valence-electron chi connectivity index (χ1n) is 8.90. The Bertz CT molecular complexity index is 895. The largest absolute Gasteiger partial charge is 0.354 e. The van der Waals surface area contributed by atoms with E-state index in [2.05, 4.69) is 34.6 Å². The minimum Gasteiger partial charge on any atom is -0.354 e. The zero-order chi connectivity index (χ0) is 17.4. The Balaban J connectivity index is 1.34. The quantitative estimate of drug-likeness (QED) is 0.751. The van der Waals surface area contributed by atoms with Crippen molar-refractivity contribution < 1.29 is 4.79 Å². The normalized spacial score (nSPS) is 19.3. The van der Waals surface area contributed by atoms with Crippen LogP contribution in [0.4, 0.5) is 0 Å². The molecule has 130 valence electrons. The van der Waals surface area contributed by atoms with Gasteiger partial charge in [-0.1, -0.05) is 30.3 Å². The van der Waals surface area contributed by atoms with E-state index in [1.807, 2.05) is 40.7 Å². The second-order valence-electron chi connectivity index (χ2n) is 6.65. The Kier molecular flexibility index (Phi) is 4.03. The molecule has 2 heterocycles. The Morgan fingerprint density at radius 3 is 2.84 bits per heavy atom. The van der Waals surface area contributed by atoms with Gasteiger partial charge in [-0.25, -0.2) is 0 Å². The number of aromatic nitrogens is 4. The third kappa shape index (κ3) is 2.92. The van der Waals surface area contributed by atoms with Crippen LogP contribution in [0.2, 0.25) is 0 Å². The molecule has 1 N–H and O–H groups in total. The van der Waals surface area contributed by atoms with Gasteiger partial charge in [0.2, 0.25) is 5.91 Å². The van der Waals surface area contributed by atoms with Crippen LogP contribution in [-0.2, 0) is 17.9 Å². The monoisotopic (exact) mass is 337 g/mol. The van der Waals surface area contributed by atoms with Crippen molar-refractivity contribution in [3.8, 4) is 0 Å². The first-order valence-corrected chi connectivity index (χ1v) is 8.90. The fourth-order valence-corrected chi connectivity index (χ4v) is 3.60. The molecule has 0 saturated heterocycles. The molecule has 0 spiro atoms. The number of nitrogens with zero attached hydrogens (tertiary/aromatic N) is 4. The number of benzene rings is 1. The summed E-state index contributed by atoms with van der Waals surface area (Å²) in [5, 5.41) is 12.0. The summed E-state index contributed by atoms with van der Waals surface area (Å²) in [4.78, 5) is 12.3. The third-order valence-electron chi connectivity index (χ3n) is 4.99. The number of fused-ring (bicyclic) bond motifs is 1. The maximum Gasteiger partial charge on any atom is 0.223 e. The van der Waals surface area contributed by atoms with Gasteiger partial charge < -0.3 is 5.32 Å². The molecule has 0 radical (unpaired) electrons. The Morgan fingerprint density at radius 1 is 1.28 bits per heavy atom. The van der Waals surface area contributed by atoms with Crippen molar-refractivity contribution in [1.82, 2.24) is 24.9 Å². The fraction of sp³-hybridized carbons (Fsp3) is 0.421. The highest BCUT2D eigenvalue weighted by Gasteiger charge is 2.43. The average Bonchev–Trinajstić information content (AvgIpc) is 3.23. The molecule has 0 unspecified atom stereocenters. The van der Waals surface area contributed by atoms with E-state index in [4.69, 9.17) is 0 Å². The highest BCUT2D eigenvalue weighted by atomic mass is 16.2. The topological polar surface area (TPSA) is 64.7 Å². The second kappa shape index (κ2) is 6.35. The maximum absolute atomic E-state index is 12.3. The molecule has 6 heteroatoms. The summed E-state index contributed by atoms with van der Waals surface area (Å²) in [6, 6.07) is 10.3. The standard InChI is InChI=1S/C19H23N5O/c1-3-23-17-12-21-24(18(17)13(2)22-23)10-9-20-19(25)16-11-15(16)14-7-5-4-6-8-14/h4-8,12,15-16H,3,9-11H2,1-2H3,(H,20,25)/t15-,16-/m1/s1. The van der Waals surface area contributed by atoms with Gasteiger partial charge in [0.05, 0.1) is 18.4 Å². The molecular weight excluding hydrogens is 314 g/mol. The first-order chi connectivity index (χ1) is 12.2. The Hall–Kier alpha value is -2.63. The zero-order valence-corrected chi connectivity index (χ0v) is 14.6. The van der Waals surface area contributed by atoms with Crippen LogP contribution in [0.3, 0.4) is 0 Å². The molecule has 6 nitrogen and oxygen atoms in total. The summed E-state index contributed by atoms with van der Waals surface area (Å²) in [6.45, 7) is 6.15. The van der Waals surface area contributed by atoms with Crippen LogP contribution in [0, 0.1) is 12.8 Å². The van der Waals surface area contributed by atoms with Crippen molar-refractivity contribution in [2.75, 3.05) is 6.54 Å². The van der Waals surface area contributed by atoms with Crippen molar-refractivity contribution in [2.24, 2.45) is 5.92 Å². The smallest absolute Gasteiger partial charge is 0.223 e. The fourth-order valence-electron chi connectivity index (χ4n) is 3.60. The van der Waals surface area contributed by atoms with Crippen LogP contribution in [-0.4, -0.2) is 32.0 Å². The lowest BCUT2D eigenvalue weighted by Gasteiger charge is -2.06. The van der Waals surface area contributed by atoms with Gasteiger partial charge in [0.25, 0.3) is 0 Å². The van der Waals surface area contributed by atoms with Crippen molar-refractivity contribution >= 4 is 16.9 Å². The van der Waals surface area contributed by atoms with E-state index < -0.39 is 0 Å². The summed E-state index contributed by atoms with van der Waals surface area (Å²) in [6.07, 6.45) is 2.80. The van der Waals surface area contributed by atoms with E-state index >= 15 is 0 Å². The molecule has 1 aromatic carbocycles. The van der Waals surface area contributed by atoms with E-state index in [1.54, 1.807) is 0 Å². The molecule has 1 aliphatic carbocycles. The minimum atomic E-state index is 0.115. The number of hydrogen-bond acceptors (Lipinski definition) is 3. The van der Waals surface area contributed by atoms with Crippen molar-refractivity contribution in [1.29, 1.82) is 0 Å². The zero-order valence-electron chi connectivity index (χ0n) is 14.6. The van der Waals surface area contributed by atoms with E-state index in [0.717, 1.165) is 29.7 Å². The molecule has 0 aliphatic heterocycles. The van der Waals surface area contributed by atoms with Crippen LogP contribution in [0.25, 0.3) is 11.0 Å². The molecule has 1 aliphatic rings. The molecule has 0 bridgehead atoms. The van der Waals surface area contributed by atoms with Crippen LogP contribution < -0.4 is 5.32 Å². The third-order valence-corrected chi connectivity index (χ3v) is 4.99. The summed E-state index contributed by atoms with van der Waals surface area (Å²) in [5.41, 5.74) is 4.35. The van der Waals surface area contributed by atoms with E-state index in [-0.39, 0.29) is 11.8 Å². The summed E-state index contributed by atoms with van der Waals surface area (Å²) in [7, 11) is 0. The highest BCUT2D eigenvalue weighted by Crippen LogP contribution is 2.47. The summed E-state index contributed by atoms with van der Waals surface area (Å²) >= 11 is 0. The van der Waals surface area contributed by atoms with Crippen molar-refractivity contribution in [2.45, 2.75) is 39.3 Å². The van der Waals surface area contributed by atoms with Crippen LogP contribution in [0.15, 0.2) is 36.5 Å². The predicted molar refractivity (Wildman–Crippen MR) is 96.2 cm³/mol. The molecule has 1 saturated carbocycles. The van der Waals surface area contributed by atoms with Gasteiger partial charge in [-0.05, 0) is 31.7 Å². The SMILES string of the molecule is CCn1nc(C)c2c1cnn2CCNC(=O)[C@@H]1C[C@@H]1c1ccccc1. The van der Waals surface area contributed by atoms with Gasteiger partial charge in [0.1, 0.15) is 11.0 Å². The minimum absolute atomic E-state index is 0.115. The lowest BCUT2D eigenvalue weighted by molar-refractivity contribution is -0.122. The molecule has 3 aromatic rings. The molecule has 2 aromatic heterocycles. The molecule has 1 amide bonds. The molecule has 2 atom stereocenters.